The highest BCUT2D eigenvalue weighted by Gasteiger charge is 2.14. The molecule has 0 saturated heterocycles. The first-order valence-electron chi connectivity index (χ1n) is 8.38. The van der Waals surface area contributed by atoms with Crippen LogP contribution in [0, 0.1) is 0 Å². The summed E-state index contributed by atoms with van der Waals surface area (Å²) in [6.07, 6.45) is 4.48. The van der Waals surface area contributed by atoms with E-state index < -0.39 is 0 Å². The van der Waals surface area contributed by atoms with Crippen molar-refractivity contribution in [2.75, 3.05) is 0 Å². The Morgan fingerprint density at radius 3 is 2.21 bits per heavy atom. The van der Waals surface area contributed by atoms with Crippen LogP contribution in [0.15, 0.2) is 72.8 Å². The molecule has 0 heteroatoms. The van der Waals surface area contributed by atoms with Crippen LogP contribution in [0.25, 0.3) is 55.2 Å². The Hall–Kier alpha value is -3.12. The molecule has 0 bridgehead atoms. The minimum atomic E-state index is 1.30. The fourth-order valence-corrected chi connectivity index (χ4v) is 4.30. The molecular formula is C24H14. The van der Waals surface area contributed by atoms with Gasteiger partial charge in [-0.25, -0.2) is 0 Å². The third kappa shape index (κ3) is 1.43. The molecule has 0 N–H and O–H groups in total. The van der Waals surface area contributed by atoms with Crippen molar-refractivity contribution >= 4 is 55.2 Å². The van der Waals surface area contributed by atoms with E-state index in [9.17, 15) is 0 Å². The Morgan fingerprint density at radius 1 is 0.417 bits per heavy atom. The number of hydrogen-bond acceptors (Lipinski definition) is 0. The molecule has 0 saturated carbocycles. The van der Waals surface area contributed by atoms with Crippen LogP contribution in [0.2, 0.25) is 0 Å². The largest absolute Gasteiger partial charge is 0.0616 e. The summed E-state index contributed by atoms with van der Waals surface area (Å²) in [5.41, 5.74) is 2.68. The van der Waals surface area contributed by atoms with E-state index in [0.29, 0.717) is 0 Å². The maximum absolute atomic E-state index is 2.37. The Labute approximate surface area is 139 Å². The van der Waals surface area contributed by atoms with Crippen molar-refractivity contribution < 1.29 is 0 Å². The zero-order valence-corrected chi connectivity index (χ0v) is 13.1. The first-order valence-corrected chi connectivity index (χ1v) is 8.38. The lowest BCUT2D eigenvalue weighted by atomic mass is 9.91. The van der Waals surface area contributed by atoms with Gasteiger partial charge in [0.25, 0.3) is 0 Å². The van der Waals surface area contributed by atoms with E-state index >= 15 is 0 Å². The van der Waals surface area contributed by atoms with Crippen LogP contribution >= 0.6 is 0 Å². The van der Waals surface area contributed by atoms with Crippen LogP contribution in [0.1, 0.15) is 11.1 Å². The molecule has 0 radical (unpaired) electrons. The van der Waals surface area contributed by atoms with Crippen molar-refractivity contribution in [3.05, 3.63) is 83.9 Å². The smallest absolute Gasteiger partial charge is 0.00264 e. The van der Waals surface area contributed by atoms with Crippen LogP contribution in [-0.2, 0) is 0 Å². The lowest BCUT2D eigenvalue weighted by molar-refractivity contribution is 1.75. The van der Waals surface area contributed by atoms with E-state index in [1.807, 2.05) is 0 Å². The predicted octanol–water partition coefficient (Wildman–Crippen LogP) is 6.78. The Bertz CT molecular complexity index is 1340. The van der Waals surface area contributed by atoms with Crippen molar-refractivity contribution in [1.29, 1.82) is 0 Å². The second-order valence-electron chi connectivity index (χ2n) is 6.61. The van der Waals surface area contributed by atoms with Gasteiger partial charge < -0.3 is 0 Å². The molecule has 1 aliphatic rings. The average Bonchev–Trinajstić information content (AvgIpc) is 3.06. The van der Waals surface area contributed by atoms with E-state index in [-0.39, 0.29) is 0 Å². The zero-order chi connectivity index (χ0) is 15.7. The normalized spacial score (nSPS) is 12.8. The fraction of sp³-hybridized carbons (Fsp3) is 0. The van der Waals surface area contributed by atoms with E-state index in [1.54, 1.807) is 0 Å². The van der Waals surface area contributed by atoms with Crippen LogP contribution < -0.4 is 0 Å². The molecule has 1 aliphatic carbocycles. The number of fused-ring (bicyclic) bond motifs is 6. The topological polar surface area (TPSA) is 0 Å². The van der Waals surface area contributed by atoms with Crippen LogP contribution in [0.3, 0.4) is 0 Å². The molecule has 0 nitrogen and oxygen atoms in total. The highest BCUT2D eigenvalue weighted by Crippen LogP contribution is 2.40. The maximum Gasteiger partial charge on any atom is -0.00264 e. The summed E-state index contributed by atoms with van der Waals surface area (Å²) in [4.78, 5) is 0. The fourth-order valence-electron chi connectivity index (χ4n) is 4.30. The summed E-state index contributed by atoms with van der Waals surface area (Å²) in [6, 6.07) is 26.7. The lowest BCUT2D eigenvalue weighted by Crippen LogP contribution is -1.85. The number of benzene rings is 5. The summed E-state index contributed by atoms with van der Waals surface area (Å²) < 4.78 is 0. The lowest BCUT2D eigenvalue weighted by Gasteiger charge is -2.12. The summed E-state index contributed by atoms with van der Waals surface area (Å²) >= 11 is 0. The molecule has 0 unspecified atom stereocenters. The molecule has 0 aliphatic heterocycles. The number of rotatable bonds is 0. The third-order valence-corrected chi connectivity index (χ3v) is 5.37. The standard InChI is InChI=1S/C24H14/c1-2-6-19-15(4-1)8-9-17-12-13-20-21-7-3-5-16-10-11-18(23(16)21)14-22(20)24(17)19/h1-14H. The molecule has 5 aromatic rings. The monoisotopic (exact) mass is 302 g/mol. The van der Waals surface area contributed by atoms with E-state index in [0.717, 1.165) is 0 Å². The van der Waals surface area contributed by atoms with Gasteiger partial charge in [0.15, 0.2) is 0 Å². The molecule has 5 aromatic carbocycles. The van der Waals surface area contributed by atoms with E-state index in [4.69, 9.17) is 0 Å². The van der Waals surface area contributed by atoms with Crippen molar-refractivity contribution in [3.8, 4) is 0 Å². The first kappa shape index (κ1) is 12.3. The summed E-state index contributed by atoms with van der Waals surface area (Å²) in [5.74, 6) is 0. The molecule has 0 aromatic heterocycles. The maximum atomic E-state index is 2.37. The van der Waals surface area contributed by atoms with Gasteiger partial charge in [0, 0.05) is 0 Å². The summed E-state index contributed by atoms with van der Waals surface area (Å²) in [5, 5.41) is 10.8. The third-order valence-electron chi connectivity index (χ3n) is 5.37. The van der Waals surface area contributed by atoms with E-state index in [1.165, 1.54) is 54.2 Å². The van der Waals surface area contributed by atoms with Crippen LogP contribution in [0.4, 0.5) is 0 Å². The quantitative estimate of drug-likeness (QED) is 0.271. The molecular weight excluding hydrogens is 288 g/mol. The van der Waals surface area contributed by atoms with Crippen LogP contribution in [0.5, 0.6) is 0 Å². The van der Waals surface area contributed by atoms with Crippen molar-refractivity contribution in [2.24, 2.45) is 0 Å². The van der Waals surface area contributed by atoms with Gasteiger partial charge in [-0.1, -0.05) is 78.9 Å². The summed E-state index contributed by atoms with van der Waals surface area (Å²) in [6.45, 7) is 0. The minimum absolute atomic E-state index is 1.30. The molecule has 24 heavy (non-hydrogen) atoms. The number of hydrogen-bond donors (Lipinski definition) is 0. The van der Waals surface area contributed by atoms with Gasteiger partial charge in [0.2, 0.25) is 0 Å². The average molecular weight is 302 g/mol. The predicted molar refractivity (Wildman–Crippen MR) is 105 cm³/mol. The van der Waals surface area contributed by atoms with Gasteiger partial charge in [0.1, 0.15) is 0 Å². The Kier molecular flexibility index (Phi) is 2.18. The second-order valence-corrected chi connectivity index (χ2v) is 6.61. The van der Waals surface area contributed by atoms with Crippen molar-refractivity contribution in [1.82, 2.24) is 0 Å². The second kappa shape index (κ2) is 4.24. The van der Waals surface area contributed by atoms with Gasteiger partial charge >= 0.3 is 0 Å². The molecule has 0 amide bonds. The molecule has 0 spiro atoms. The molecule has 110 valence electrons. The summed E-state index contributed by atoms with van der Waals surface area (Å²) in [7, 11) is 0. The first-order chi connectivity index (χ1) is 11.9. The van der Waals surface area contributed by atoms with E-state index in [2.05, 4.69) is 84.9 Å². The molecule has 0 fully saturated rings. The Balaban J connectivity index is 1.97. The van der Waals surface area contributed by atoms with Crippen LogP contribution in [-0.4, -0.2) is 0 Å². The highest BCUT2D eigenvalue weighted by molar-refractivity contribution is 6.27. The van der Waals surface area contributed by atoms with Gasteiger partial charge in [-0.3, -0.25) is 0 Å². The Morgan fingerprint density at radius 2 is 1.21 bits per heavy atom. The molecule has 6 rings (SSSR count). The SMILES string of the molecule is C1=Cc2cc3c(ccc4ccc5ccccc5c43)c3cccc1c23. The van der Waals surface area contributed by atoms with Gasteiger partial charge in [-0.2, -0.15) is 0 Å². The minimum Gasteiger partial charge on any atom is -0.0616 e. The van der Waals surface area contributed by atoms with Crippen molar-refractivity contribution in [2.45, 2.75) is 0 Å². The van der Waals surface area contributed by atoms with Crippen molar-refractivity contribution in [3.63, 3.8) is 0 Å². The zero-order valence-electron chi connectivity index (χ0n) is 13.1. The highest BCUT2D eigenvalue weighted by atomic mass is 14.2. The molecule has 0 heterocycles. The van der Waals surface area contributed by atoms with Gasteiger partial charge in [-0.05, 0) is 60.3 Å². The van der Waals surface area contributed by atoms with Gasteiger partial charge in [0.05, 0.1) is 0 Å². The van der Waals surface area contributed by atoms with Gasteiger partial charge in [-0.15, -0.1) is 0 Å². The molecule has 0 atom stereocenters.